The molecule has 2 aromatic rings. The van der Waals surface area contributed by atoms with Gasteiger partial charge in [-0.05, 0) is 24.3 Å². The normalized spacial score (nSPS) is 10.3. The van der Waals surface area contributed by atoms with Crippen molar-refractivity contribution in [2.45, 2.75) is 6.42 Å². The van der Waals surface area contributed by atoms with Crippen LogP contribution in [0.25, 0.3) is 0 Å². The minimum absolute atomic E-state index is 0.0781. The molecule has 3 N–H and O–H groups in total. The lowest BCUT2D eigenvalue weighted by Crippen LogP contribution is -2.25. The summed E-state index contributed by atoms with van der Waals surface area (Å²) >= 11 is 4.74. The lowest BCUT2D eigenvalue weighted by atomic mass is 10.2. The van der Waals surface area contributed by atoms with E-state index in [0.29, 0.717) is 23.7 Å². The van der Waals surface area contributed by atoms with Gasteiger partial charge in [0, 0.05) is 28.4 Å². The Morgan fingerprint density at radius 3 is 2.72 bits per heavy atom. The van der Waals surface area contributed by atoms with Crippen LogP contribution in [0.5, 0.6) is 0 Å². The number of carbonyl (C=O) groups is 1. The maximum absolute atomic E-state index is 11.8. The molecule has 0 saturated carbocycles. The first-order valence-electron chi connectivity index (χ1n) is 5.39. The van der Waals surface area contributed by atoms with Crippen LogP contribution in [0.1, 0.15) is 16.1 Å². The van der Waals surface area contributed by atoms with Crippen molar-refractivity contribution in [3.63, 3.8) is 0 Å². The van der Waals surface area contributed by atoms with Gasteiger partial charge in [-0.3, -0.25) is 4.79 Å². The Morgan fingerprint density at radius 1 is 1.39 bits per heavy atom. The second-order valence-corrected chi connectivity index (χ2v) is 5.50. The maximum atomic E-state index is 11.8. The van der Waals surface area contributed by atoms with Crippen LogP contribution in [-0.4, -0.2) is 17.4 Å². The van der Waals surface area contributed by atoms with Crippen LogP contribution >= 0.6 is 27.3 Å². The molecule has 1 aromatic heterocycles. The Hall–Kier alpha value is -1.40. The van der Waals surface area contributed by atoms with E-state index in [9.17, 15) is 4.79 Å². The van der Waals surface area contributed by atoms with Crippen molar-refractivity contribution in [1.82, 2.24) is 10.3 Å². The SMILES string of the molecule is Nc1nc(CCNC(=O)c2ccc(Br)cc2)cs1. The number of halogens is 1. The van der Waals surface area contributed by atoms with Crippen molar-refractivity contribution >= 4 is 38.3 Å². The van der Waals surface area contributed by atoms with Crippen LogP contribution in [0.2, 0.25) is 0 Å². The molecular weight excluding hydrogens is 314 g/mol. The topological polar surface area (TPSA) is 68.0 Å². The monoisotopic (exact) mass is 325 g/mol. The smallest absolute Gasteiger partial charge is 0.251 e. The van der Waals surface area contributed by atoms with Gasteiger partial charge in [0.25, 0.3) is 5.91 Å². The van der Waals surface area contributed by atoms with Crippen molar-refractivity contribution in [3.8, 4) is 0 Å². The Morgan fingerprint density at radius 2 is 2.11 bits per heavy atom. The highest BCUT2D eigenvalue weighted by molar-refractivity contribution is 9.10. The van der Waals surface area contributed by atoms with Crippen molar-refractivity contribution in [3.05, 3.63) is 45.4 Å². The third-order valence-corrected chi connectivity index (χ3v) is 3.59. The Kier molecular flexibility index (Phi) is 4.33. The van der Waals surface area contributed by atoms with Crippen LogP contribution in [-0.2, 0) is 6.42 Å². The molecule has 0 unspecified atom stereocenters. The number of nitrogen functional groups attached to an aromatic ring is 1. The molecule has 0 fully saturated rings. The third kappa shape index (κ3) is 3.54. The predicted octanol–water partition coefficient (Wildman–Crippen LogP) is 2.46. The van der Waals surface area contributed by atoms with E-state index in [1.807, 2.05) is 17.5 Å². The molecule has 1 amide bonds. The lowest BCUT2D eigenvalue weighted by Gasteiger charge is -2.04. The van der Waals surface area contributed by atoms with E-state index in [-0.39, 0.29) is 5.91 Å². The standard InChI is InChI=1S/C12H12BrN3OS/c13-9-3-1-8(2-4-9)11(17)15-6-5-10-7-18-12(14)16-10/h1-4,7H,5-6H2,(H2,14,16)(H,15,17). The van der Waals surface area contributed by atoms with Gasteiger partial charge in [0.05, 0.1) is 5.69 Å². The van der Waals surface area contributed by atoms with E-state index in [4.69, 9.17) is 5.73 Å². The molecular formula is C12H12BrN3OS. The van der Waals surface area contributed by atoms with Gasteiger partial charge in [0.1, 0.15) is 0 Å². The number of hydrogen-bond donors (Lipinski definition) is 2. The molecule has 0 aliphatic heterocycles. The molecule has 0 aliphatic rings. The first-order valence-corrected chi connectivity index (χ1v) is 7.06. The fourth-order valence-electron chi connectivity index (χ4n) is 1.44. The number of nitrogens with one attached hydrogen (secondary N) is 1. The summed E-state index contributed by atoms with van der Waals surface area (Å²) in [4.78, 5) is 15.9. The molecule has 1 aromatic carbocycles. The van der Waals surface area contributed by atoms with Gasteiger partial charge in [-0.2, -0.15) is 0 Å². The minimum Gasteiger partial charge on any atom is -0.375 e. The number of anilines is 1. The number of thiazole rings is 1. The average molecular weight is 326 g/mol. The van der Waals surface area contributed by atoms with E-state index >= 15 is 0 Å². The molecule has 0 bridgehead atoms. The fraction of sp³-hybridized carbons (Fsp3) is 0.167. The first kappa shape index (κ1) is 13.0. The molecule has 1 heterocycles. The summed E-state index contributed by atoms with van der Waals surface area (Å²) in [5.41, 5.74) is 7.09. The van der Waals surface area contributed by atoms with Gasteiger partial charge in [0.2, 0.25) is 0 Å². The van der Waals surface area contributed by atoms with Gasteiger partial charge in [0.15, 0.2) is 5.13 Å². The van der Waals surface area contributed by atoms with Crippen LogP contribution in [0.4, 0.5) is 5.13 Å². The quantitative estimate of drug-likeness (QED) is 0.907. The van der Waals surface area contributed by atoms with E-state index in [2.05, 4.69) is 26.2 Å². The maximum Gasteiger partial charge on any atom is 0.251 e. The second-order valence-electron chi connectivity index (χ2n) is 3.69. The first-order chi connectivity index (χ1) is 8.65. The van der Waals surface area contributed by atoms with E-state index in [0.717, 1.165) is 10.2 Å². The summed E-state index contributed by atoms with van der Waals surface area (Å²) in [6, 6.07) is 7.24. The Labute approximate surface area is 117 Å². The van der Waals surface area contributed by atoms with Crippen LogP contribution in [0, 0.1) is 0 Å². The number of amides is 1. The molecule has 0 spiro atoms. The number of hydrogen-bond acceptors (Lipinski definition) is 4. The average Bonchev–Trinajstić information content (AvgIpc) is 2.76. The summed E-state index contributed by atoms with van der Waals surface area (Å²) in [6.45, 7) is 0.554. The van der Waals surface area contributed by atoms with E-state index in [1.54, 1.807) is 12.1 Å². The molecule has 0 atom stereocenters. The number of nitrogens with zero attached hydrogens (tertiary/aromatic N) is 1. The summed E-state index contributed by atoms with van der Waals surface area (Å²) in [5.74, 6) is -0.0781. The number of benzene rings is 1. The van der Waals surface area contributed by atoms with Crippen LogP contribution in [0.15, 0.2) is 34.1 Å². The molecule has 0 radical (unpaired) electrons. The number of nitrogens with two attached hydrogens (primary N) is 1. The van der Waals surface area contributed by atoms with Gasteiger partial charge >= 0.3 is 0 Å². The molecule has 2 rings (SSSR count). The van der Waals surface area contributed by atoms with Crippen molar-refractivity contribution in [2.24, 2.45) is 0 Å². The van der Waals surface area contributed by atoms with Crippen molar-refractivity contribution < 1.29 is 4.79 Å². The zero-order valence-corrected chi connectivity index (χ0v) is 11.9. The predicted molar refractivity (Wildman–Crippen MR) is 76.7 cm³/mol. The van der Waals surface area contributed by atoms with Gasteiger partial charge in [-0.25, -0.2) is 4.98 Å². The van der Waals surface area contributed by atoms with E-state index in [1.165, 1.54) is 11.3 Å². The lowest BCUT2D eigenvalue weighted by molar-refractivity contribution is 0.0954. The fourth-order valence-corrected chi connectivity index (χ4v) is 2.31. The van der Waals surface area contributed by atoms with Crippen molar-refractivity contribution in [2.75, 3.05) is 12.3 Å². The van der Waals surface area contributed by atoms with Gasteiger partial charge in [-0.15, -0.1) is 11.3 Å². The summed E-state index contributed by atoms with van der Waals surface area (Å²) in [5, 5.41) is 5.31. The summed E-state index contributed by atoms with van der Waals surface area (Å²) in [7, 11) is 0. The number of carbonyl (C=O) groups excluding carboxylic acids is 1. The molecule has 0 saturated heterocycles. The Balaban J connectivity index is 1.83. The van der Waals surface area contributed by atoms with Gasteiger partial charge in [-0.1, -0.05) is 15.9 Å². The van der Waals surface area contributed by atoms with E-state index < -0.39 is 0 Å². The second kappa shape index (κ2) is 5.97. The zero-order valence-electron chi connectivity index (χ0n) is 9.52. The van der Waals surface area contributed by atoms with Gasteiger partial charge < -0.3 is 11.1 Å². The molecule has 4 nitrogen and oxygen atoms in total. The molecule has 18 heavy (non-hydrogen) atoms. The van der Waals surface area contributed by atoms with Crippen LogP contribution < -0.4 is 11.1 Å². The number of rotatable bonds is 4. The molecule has 6 heteroatoms. The highest BCUT2D eigenvalue weighted by Crippen LogP contribution is 2.12. The highest BCUT2D eigenvalue weighted by atomic mass is 79.9. The van der Waals surface area contributed by atoms with Crippen molar-refractivity contribution in [1.29, 1.82) is 0 Å². The zero-order chi connectivity index (χ0) is 13.0. The Bertz CT molecular complexity index is 539. The largest absolute Gasteiger partial charge is 0.375 e. The third-order valence-electron chi connectivity index (χ3n) is 2.34. The minimum atomic E-state index is -0.0781. The molecule has 0 aliphatic carbocycles. The summed E-state index contributed by atoms with van der Waals surface area (Å²) in [6.07, 6.45) is 0.690. The summed E-state index contributed by atoms with van der Waals surface area (Å²) < 4.78 is 0.956. The highest BCUT2D eigenvalue weighted by Gasteiger charge is 2.05. The number of aromatic nitrogens is 1. The molecule has 94 valence electrons. The van der Waals surface area contributed by atoms with Crippen LogP contribution in [0.3, 0.4) is 0 Å².